The van der Waals surface area contributed by atoms with E-state index in [1.165, 1.54) is 30.7 Å². The van der Waals surface area contributed by atoms with Crippen molar-refractivity contribution >= 4 is 17.2 Å². The highest BCUT2D eigenvalue weighted by Crippen LogP contribution is 2.28. The molecule has 1 aromatic heterocycles. The van der Waals surface area contributed by atoms with Gasteiger partial charge in [0.2, 0.25) is 0 Å². The predicted molar refractivity (Wildman–Crippen MR) is 83.4 cm³/mol. The third-order valence-electron chi connectivity index (χ3n) is 4.25. The number of aliphatic hydroxyl groups is 1. The average molecular weight is 304 g/mol. The first-order valence-electron chi connectivity index (χ1n) is 7.51. The van der Waals surface area contributed by atoms with E-state index in [2.05, 4.69) is 22.1 Å². The summed E-state index contributed by atoms with van der Waals surface area (Å²) in [4.78, 5) is 15.6. The minimum absolute atomic E-state index is 0.00273. The molecular formula is C16H20N2O2S. The van der Waals surface area contributed by atoms with E-state index in [4.69, 9.17) is 5.11 Å². The molecule has 1 amide bonds. The third kappa shape index (κ3) is 3.13. The fourth-order valence-corrected chi connectivity index (χ4v) is 4.03. The Hall–Kier alpha value is -1.35. The molecule has 2 fully saturated rings. The summed E-state index contributed by atoms with van der Waals surface area (Å²) >= 11 is 1.43. The van der Waals surface area contributed by atoms with Crippen LogP contribution in [0.4, 0.5) is 0 Å². The molecule has 2 N–H and O–H groups in total. The van der Waals surface area contributed by atoms with Gasteiger partial charge in [0.05, 0.1) is 6.61 Å². The summed E-state index contributed by atoms with van der Waals surface area (Å²) in [6.07, 6.45) is 3.93. The summed E-state index contributed by atoms with van der Waals surface area (Å²) in [6.45, 7) is 2.33. The van der Waals surface area contributed by atoms with Crippen LogP contribution in [-0.4, -0.2) is 47.7 Å². The molecule has 4 nitrogen and oxygen atoms in total. The van der Waals surface area contributed by atoms with Crippen LogP contribution in [0.15, 0.2) is 11.4 Å². The van der Waals surface area contributed by atoms with Gasteiger partial charge in [-0.15, -0.1) is 11.3 Å². The Morgan fingerprint density at radius 1 is 1.48 bits per heavy atom. The maximum Gasteiger partial charge on any atom is 0.262 e. The van der Waals surface area contributed by atoms with Gasteiger partial charge in [-0.25, -0.2) is 0 Å². The van der Waals surface area contributed by atoms with Gasteiger partial charge in [0.15, 0.2) is 0 Å². The number of nitrogens with zero attached hydrogens (tertiary/aromatic N) is 1. The lowest BCUT2D eigenvalue weighted by atomic mass is 10.1. The number of carbonyl (C=O) groups excluding carboxylic acids is 1. The molecule has 2 atom stereocenters. The van der Waals surface area contributed by atoms with Gasteiger partial charge >= 0.3 is 0 Å². The summed E-state index contributed by atoms with van der Waals surface area (Å²) in [5, 5.41) is 13.9. The van der Waals surface area contributed by atoms with Crippen molar-refractivity contribution in [2.75, 3.05) is 19.7 Å². The second-order valence-electron chi connectivity index (χ2n) is 5.55. The highest BCUT2D eigenvalue weighted by atomic mass is 32.1. The maximum absolute atomic E-state index is 12.5. The van der Waals surface area contributed by atoms with E-state index in [0.717, 1.165) is 18.5 Å². The summed E-state index contributed by atoms with van der Waals surface area (Å²) in [6, 6.07) is 2.68. The number of carbonyl (C=O) groups is 1. The first-order chi connectivity index (χ1) is 10.3. The molecule has 3 heterocycles. The fourth-order valence-electron chi connectivity index (χ4n) is 3.28. The number of amides is 1. The van der Waals surface area contributed by atoms with Crippen molar-refractivity contribution in [3.8, 4) is 11.8 Å². The minimum Gasteiger partial charge on any atom is -0.395 e. The monoisotopic (exact) mass is 304 g/mol. The van der Waals surface area contributed by atoms with E-state index < -0.39 is 0 Å². The summed E-state index contributed by atoms with van der Waals surface area (Å²) in [5.41, 5.74) is 0.771. The van der Waals surface area contributed by atoms with Crippen LogP contribution in [0.2, 0.25) is 0 Å². The molecule has 0 saturated carbocycles. The average Bonchev–Trinajstić information content (AvgIpc) is 3.17. The molecule has 112 valence electrons. The van der Waals surface area contributed by atoms with Gasteiger partial charge in [-0.1, -0.05) is 11.8 Å². The van der Waals surface area contributed by atoms with Gasteiger partial charge in [-0.3, -0.25) is 9.69 Å². The van der Waals surface area contributed by atoms with Crippen LogP contribution >= 0.6 is 11.3 Å². The van der Waals surface area contributed by atoms with Gasteiger partial charge in [-0.2, -0.15) is 0 Å². The molecule has 5 heteroatoms. The van der Waals surface area contributed by atoms with Crippen molar-refractivity contribution in [3.63, 3.8) is 0 Å². The second kappa shape index (κ2) is 6.61. The zero-order valence-electron chi connectivity index (χ0n) is 12.0. The zero-order valence-corrected chi connectivity index (χ0v) is 12.8. The van der Waals surface area contributed by atoms with Crippen molar-refractivity contribution < 1.29 is 9.90 Å². The summed E-state index contributed by atoms with van der Waals surface area (Å²) in [5.74, 6) is 5.85. The van der Waals surface area contributed by atoms with Crippen LogP contribution in [-0.2, 0) is 0 Å². The second-order valence-corrected chi connectivity index (χ2v) is 6.47. The maximum atomic E-state index is 12.5. The molecule has 2 unspecified atom stereocenters. The lowest BCUT2D eigenvalue weighted by molar-refractivity contribution is 0.0933. The Morgan fingerprint density at radius 3 is 3.24 bits per heavy atom. The predicted octanol–water partition coefficient (Wildman–Crippen LogP) is 1.45. The Balaban J connectivity index is 1.66. The lowest BCUT2D eigenvalue weighted by Crippen LogP contribution is -2.42. The first kappa shape index (κ1) is 14.6. The normalized spacial score (nSPS) is 24.4. The van der Waals surface area contributed by atoms with Crippen molar-refractivity contribution in [2.24, 2.45) is 0 Å². The molecule has 0 aliphatic carbocycles. The van der Waals surface area contributed by atoms with E-state index >= 15 is 0 Å². The van der Waals surface area contributed by atoms with Crippen molar-refractivity contribution in [2.45, 2.75) is 37.8 Å². The molecule has 21 heavy (non-hydrogen) atoms. The van der Waals surface area contributed by atoms with Crippen molar-refractivity contribution in [3.05, 3.63) is 21.9 Å². The molecule has 2 aliphatic heterocycles. The number of hydrogen-bond donors (Lipinski definition) is 2. The van der Waals surface area contributed by atoms with E-state index in [1.807, 2.05) is 11.4 Å². The highest BCUT2D eigenvalue weighted by Gasteiger charge is 2.38. The van der Waals surface area contributed by atoms with E-state index in [-0.39, 0.29) is 18.6 Å². The summed E-state index contributed by atoms with van der Waals surface area (Å²) in [7, 11) is 0. The van der Waals surface area contributed by atoms with Crippen LogP contribution in [0.3, 0.4) is 0 Å². The molecular weight excluding hydrogens is 284 g/mol. The molecule has 3 rings (SSSR count). The number of fused-ring (bicyclic) bond motifs is 1. The molecule has 0 radical (unpaired) electrons. The van der Waals surface area contributed by atoms with Gasteiger partial charge in [0.1, 0.15) is 4.88 Å². The standard InChI is InChI=1S/C16H20N2O2S/c19-10-2-1-4-12-7-11-21-15(12)16(20)17-13-6-9-18-8-3-5-14(13)18/h7,11,13-14,19H,2-3,5-6,8-10H2,(H,17,20). The lowest BCUT2D eigenvalue weighted by Gasteiger charge is -2.21. The quantitative estimate of drug-likeness (QED) is 0.831. The van der Waals surface area contributed by atoms with Crippen molar-refractivity contribution in [1.82, 2.24) is 10.2 Å². The minimum atomic E-state index is -0.00273. The number of aliphatic hydroxyl groups excluding tert-OH is 1. The first-order valence-corrected chi connectivity index (χ1v) is 8.39. The third-order valence-corrected chi connectivity index (χ3v) is 5.17. The van der Waals surface area contributed by atoms with Crippen LogP contribution in [0.5, 0.6) is 0 Å². The molecule has 1 aromatic rings. The van der Waals surface area contributed by atoms with Crippen molar-refractivity contribution in [1.29, 1.82) is 0 Å². The highest BCUT2D eigenvalue weighted by molar-refractivity contribution is 7.12. The largest absolute Gasteiger partial charge is 0.395 e. The molecule has 0 aromatic carbocycles. The molecule has 2 saturated heterocycles. The molecule has 2 aliphatic rings. The summed E-state index contributed by atoms with van der Waals surface area (Å²) < 4.78 is 0. The van der Waals surface area contributed by atoms with Gasteiger partial charge in [0, 0.05) is 30.6 Å². The van der Waals surface area contributed by atoms with E-state index in [1.54, 1.807) is 0 Å². The van der Waals surface area contributed by atoms with E-state index in [0.29, 0.717) is 17.3 Å². The number of nitrogens with one attached hydrogen (secondary N) is 1. The fraction of sp³-hybridized carbons (Fsp3) is 0.562. The number of hydrogen-bond acceptors (Lipinski definition) is 4. The SMILES string of the molecule is O=C(NC1CCN2CCCC12)c1sccc1C#CCCO. The van der Waals surface area contributed by atoms with E-state index in [9.17, 15) is 4.79 Å². The number of rotatable bonds is 3. The van der Waals surface area contributed by atoms with Crippen LogP contribution in [0, 0.1) is 11.8 Å². The Labute approximate surface area is 129 Å². The van der Waals surface area contributed by atoms with Gasteiger partial charge < -0.3 is 10.4 Å². The van der Waals surface area contributed by atoms with Gasteiger partial charge in [-0.05, 0) is 37.3 Å². The zero-order chi connectivity index (χ0) is 14.7. The van der Waals surface area contributed by atoms with Crippen LogP contribution < -0.4 is 5.32 Å². The van der Waals surface area contributed by atoms with Gasteiger partial charge in [0.25, 0.3) is 5.91 Å². The van der Waals surface area contributed by atoms with Crippen LogP contribution in [0.25, 0.3) is 0 Å². The Kier molecular flexibility index (Phi) is 4.59. The Bertz CT molecular complexity index is 572. The number of thiophene rings is 1. The van der Waals surface area contributed by atoms with Crippen LogP contribution in [0.1, 0.15) is 40.9 Å². The Morgan fingerprint density at radius 2 is 2.38 bits per heavy atom. The molecule has 0 spiro atoms. The topological polar surface area (TPSA) is 52.6 Å². The smallest absolute Gasteiger partial charge is 0.262 e. The molecule has 0 bridgehead atoms.